The summed E-state index contributed by atoms with van der Waals surface area (Å²) in [7, 11) is 2.01. The van der Waals surface area contributed by atoms with Gasteiger partial charge in [0.2, 0.25) is 5.58 Å². The van der Waals surface area contributed by atoms with Gasteiger partial charge in [-0.05, 0) is 43.8 Å². The number of nitrogens with zero attached hydrogens (tertiary/aromatic N) is 5. The maximum Gasteiger partial charge on any atom is 0.294 e. The normalized spacial score (nSPS) is 12.8. The van der Waals surface area contributed by atoms with Gasteiger partial charge in [-0.25, -0.2) is 14.6 Å². The zero-order valence-corrected chi connectivity index (χ0v) is 16.6. The molecule has 5 aromatic rings. The Labute approximate surface area is 171 Å². The van der Waals surface area contributed by atoms with Gasteiger partial charge in [0, 0.05) is 11.4 Å². The molecule has 8 nitrogen and oxygen atoms in total. The molecule has 8 heteroatoms. The van der Waals surface area contributed by atoms with E-state index in [0.29, 0.717) is 23.5 Å². The first-order valence-corrected chi connectivity index (χ1v) is 9.66. The van der Waals surface area contributed by atoms with Gasteiger partial charge in [-0.3, -0.25) is 9.69 Å². The number of rotatable bonds is 5. The van der Waals surface area contributed by atoms with E-state index in [1.807, 2.05) is 43.4 Å². The smallest absolute Gasteiger partial charge is 0.294 e. The molecule has 0 aliphatic carbocycles. The Hall–Kier alpha value is -3.78. The summed E-state index contributed by atoms with van der Waals surface area (Å²) in [6, 6.07) is 15.8. The molecule has 3 heterocycles. The van der Waals surface area contributed by atoms with E-state index in [1.54, 1.807) is 11.0 Å². The van der Waals surface area contributed by atoms with Crippen LogP contribution in [-0.4, -0.2) is 36.7 Å². The Morgan fingerprint density at radius 3 is 2.73 bits per heavy atom. The number of nitrogens with one attached hydrogen (secondary N) is 1. The minimum atomic E-state index is -0.260. The fourth-order valence-electron chi connectivity index (χ4n) is 3.60. The SMILES string of the molecule is C[C@@H](c1ccc(-n2cncn2)cc1)N(C)Cc1nc2c(oc3ccccc32)c(=O)[nH]1. The molecule has 0 amide bonds. The summed E-state index contributed by atoms with van der Waals surface area (Å²) in [5.74, 6) is 0.604. The number of para-hydroxylation sites is 1. The van der Waals surface area contributed by atoms with Crippen LogP contribution in [-0.2, 0) is 6.54 Å². The number of fused-ring (bicyclic) bond motifs is 3. The molecular formula is C22H20N6O2. The van der Waals surface area contributed by atoms with E-state index in [0.717, 1.165) is 16.6 Å². The summed E-state index contributed by atoms with van der Waals surface area (Å²) in [6.07, 6.45) is 3.18. The first-order valence-electron chi connectivity index (χ1n) is 9.66. The molecule has 0 fully saturated rings. The summed E-state index contributed by atoms with van der Waals surface area (Å²) in [4.78, 5) is 26.2. The molecule has 1 atom stereocenters. The van der Waals surface area contributed by atoms with Crippen molar-refractivity contribution in [3.63, 3.8) is 0 Å². The molecule has 30 heavy (non-hydrogen) atoms. The highest BCUT2D eigenvalue weighted by Gasteiger charge is 2.17. The fraction of sp³-hybridized carbons (Fsp3) is 0.182. The van der Waals surface area contributed by atoms with Gasteiger partial charge in [0.15, 0.2) is 0 Å². The lowest BCUT2D eigenvalue weighted by molar-refractivity contribution is 0.247. The Kier molecular flexibility index (Phi) is 4.40. The molecular weight excluding hydrogens is 380 g/mol. The number of H-pyrrole nitrogens is 1. The maximum atomic E-state index is 12.5. The van der Waals surface area contributed by atoms with Crippen LogP contribution in [0.25, 0.3) is 27.8 Å². The summed E-state index contributed by atoms with van der Waals surface area (Å²) >= 11 is 0. The zero-order chi connectivity index (χ0) is 20.7. The third-order valence-corrected chi connectivity index (χ3v) is 5.40. The topological polar surface area (TPSA) is 92.8 Å². The van der Waals surface area contributed by atoms with Gasteiger partial charge in [0.1, 0.15) is 29.6 Å². The average Bonchev–Trinajstić information content (AvgIpc) is 3.42. The molecule has 0 spiro atoms. The molecule has 2 aromatic carbocycles. The molecule has 5 rings (SSSR count). The number of hydrogen-bond acceptors (Lipinski definition) is 6. The van der Waals surface area contributed by atoms with E-state index >= 15 is 0 Å². The highest BCUT2D eigenvalue weighted by atomic mass is 16.3. The van der Waals surface area contributed by atoms with Gasteiger partial charge in [-0.1, -0.05) is 24.3 Å². The number of aromatic nitrogens is 5. The molecule has 0 aliphatic rings. The van der Waals surface area contributed by atoms with Crippen LogP contribution >= 0.6 is 0 Å². The van der Waals surface area contributed by atoms with E-state index in [-0.39, 0.29) is 17.2 Å². The van der Waals surface area contributed by atoms with Gasteiger partial charge in [0.05, 0.1) is 12.2 Å². The first-order chi connectivity index (χ1) is 14.6. The van der Waals surface area contributed by atoms with Crippen molar-refractivity contribution in [2.45, 2.75) is 19.5 Å². The molecule has 0 saturated carbocycles. The van der Waals surface area contributed by atoms with Crippen LogP contribution in [0.15, 0.2) is 70.4 Å². The van der Waals surface area contributed by atoms with E-state index in [1.165, 1.54) is 6.33 Å². The minimum absolute atomic E-state index is 0.122. The number of aromatic amines is 1. The predicted octanol–water partition coefficient (Wildman–Crippen LogP) is 3.44. The molecule has 150 valence electrons. The van der Waals surface area contributed by atoms with Crippen LogP contribution < -0.4 is 5.56 Å². The lowest BCUT2D eigenvalue weighted by Crippen LogP contribution is -2.24. The van der Waals surface area contributed by atoms with Crippen molar-refractivity contribution >= 4 is 22.1 Å². The van der Waals surface area contributed by atoms with Gasteiger partial charge >= 0.3 is 0 Å². The van der Waals surface area contributed by atoms with Gasteiger partial charge in [-0.2, -0.15) is 5.10 Å². The van der Waals surface area contributed by atoms with E-state index in [4.69, 9.17) is 4.42 Å². The third-order valence-electron chi connectivity index (χ3n) is 5.40. The van der Waals surface area contributed by atoms with Gasteiger partial charge in [0.25, 0.3) is 5.56 Å². The van der Waals surface area contributed by atoms with Crippen LogP contribution in [0.1, 0.15) is 24.4 Å². The highest BCUT2D eigenvalue weighted by molar-refractivity contribution is 6.01. The van der Waals surface area contributed by atoms with Crippen molar-refractivity contribution in [3.8, 4) is 5.69 Å². The molecule has 1 N–H and O–H groups in total. The Balaban J connectivity index is 1.40. The quantitative estimate of drug-likeness (QED) is 0.486. The highest BCUT2D eigenvalue weighted by Crippen LogP contribution is 2.25. The molecule has 0 aliphatic heterocycles. The Bertz CT molecular complexity index is 1370. The minimum Gasteiger partial charge on any atom is -0.449 e. The lowest BCUT2D eigenvalue weighted by Gasteiger charge is -2.24. The standard InChI is InChI=1S/C22H20N6O2/c1-14(15-7-9-16(10-8-15)28-13-23-12-24-28)27(2)11-19-25-20-17-5-3-4-6-18(17)30-21(20)22(29)26-19/h3-10,12-14H,11H2,1-2H3,(H,25,26,29)/t14-/m0/s1. The van der Waals surface area contributed by atoms with Crippen molar-refractivity contribution in [1.82, 2.24) is 29.6 Å². The van der Waals surface area contributed by atoms with Crippen LogP contribution in [0.5, 0.6) is 0 Å². The molecule has 0 radical (unpaired) electrons. The molecule has 0 unspecified atom stereocenters. The number of hydrogen-bond donors (Lipinski definition) is 1. The van der Waals surface area contributed by atoms with Crippen molar-refractivity contribution in [1.29, 1.82) is 0 Å². The first kappa shape index (κ1) is 18.3. The third kappa shape index (κ3) is 3.17. The van der Waals surface area contributed by atoms with Crippen molar-refractivity contribution in [2.24, 2.45) is 0 Å². The van der Waals surface area contributed by atoms with Crippen molar-refractivity contribution < 1.29 is 4.42 Å². The van der Waals surface area contributed by atoms with Gasteiger partial charge < -0.3 is 9.40 Å². The van der Waals surface area contributed by atoms with E-state index in [9.17, 15) is 4.79 Å². The summed E-state index contributed by atoms with van der Waals surface area (Å²) in [5.41, 5.74) is 3.37. The van der Waals surface area contributed by atoms with Crippen LogP contribution in [0.2, 0.25) is 0 Å². The van der Waals surface area contributed by atoms with E-state index < -0.39 is 0 Å². The van der Waals surface area contributed by atoms with E-state index in [2.05, 4.69) is 44.0 Å². The summed E-state index contributed by atoms with van der Waals surface area (Å²) in [5, 5.41) is 4.99. The Morgan fingerprint density at radius 2 is 1.97 bits per heavy atom. The maximum absolute atomic E-state index is 12.5. The second-order valence-corrected chi connectivity index (χ2v) is 7.31. The fourth-order valence-corrected chi connectivity index (χ4v) is 3.60. The van der Waals surface area contributed by atoms with Crippen molar-refractivity contribution in [2.75, 3.05) is 7.05 Å². The van der Waals surface area contributed by atoms with Gasteiger partial charge in [-0.15, -0.1) is 0 Å². The molecule has 3 aromatic heterocycles. The predicted molar refractivity (Wildman–Crippen MR) is 113 cm³/mol. The van der Waals surface area contributed by atoms with Crippen LogP contribution in [0, 0.1) is 0 Å². The second-order valence-electron chi connectivity index (χ2n) is 7.31. The Morgan fingerprint density at radius 1 is 1.17 bits per heavy atom. The lowest BCUT2D eigenvalue weighted by atomic mass is 10.1. The summed E-state index contributed by atoms with van der Waals surface area (Å²) in [6.45, 7) is 2.62. The van der Waals surface area contributed by atoms with Crippen LogP contribution in [0.3, 0.4) is 0 Å². The average molecular weight is 400 g/mol. The summed E-state index contributed by atoms with van der Waals surface area (Å²) < 4.78 is 7.39. The monoisotopic (exact) mass is 400 g/mol. The second kappa shape index (κ2) is 7.23. The van der Waals surface area contributed by atoms with Crippen molar-refractivity contribution in [3.05, 3.63) is 82.9 Å². The van der Waals surface area contributed by atoms with Crippen LogP contribution in [0.4, 0.5) is 0 Å². The molecule has 0 saturated heterocycles. The number of benzene rings is 2. The largest absolute Gasteiger partial charge is 0.449 e. The zero-order valence-electron chi connectivity index (χ0n) is 16.6. The molecule has 0 bridgehead atoms. The number of furan rings is 1.